The molecule has 2 heteroatoms. The van der Waals surface area contributed by atoms with Crippen molar-refractivity contribution in [2.45, 2.75) is 0 Å². The van der Waals surface area contributed by atoms with Crippen molar-refractivity contribution in [1.29, 1.82) is 0 Å². The zero-order valence-electron chi connectivity index (χ0n) is 4.23. The molecule has 0 N–H and O–H groups in total. The van der Waals surface area contributed by atoms with Gasteiger partial charge in [0.1, 0.15) is 13.2 Å². The lowest BCUT2D eigenvalue weighted by molar-refractivity contribution is 0.232. The summed E-state index contributed by atoms with van der Waals surface area (Å²) in [5, 5.41) is 9.58. The highest BCUT2D eigenvalue weighted by atomic mass is 16.5. The molecule has 2 nitrogen and oxygen atoms in total. The number of methoxy groups -OCH3 is 1. The van der Waals surface area contributed by atoms with Gasteiger partial charge in [-0.3, -0.25) is 0 Å². The number of hydrogen-bond donors (Lipinski definition) is 0. The van der Waals surface area contributed by atoms with Crippen molar-refractivity contribution in [3.05, 3.63) is 0 Å². The lowest BCUT2D eigenvalue weighted by Gasteiger charge is -1.78. The van der Waals surface area contributed by atoms with Crippen LogP contribution < -0.4 is 0 Å². The zero-order chi connectivity index (χ0) is 5.54. The van der Waals surface area contributed by atoms with Crippen molar-refractivity contribution in [1.82, 2.24) is 0 Å². The Bertz CT molecular complexity index is 77.8. The van der Waals surface area contributed by atoms with Crippen LogP contribution in [-0.4, -0.2) is 20.3 Å². The first-order chi connectivity index (χ1) is 3.41. The molecule has 0 rings (SSSR count). The second-order valence-electron chi connectivity index (χ2n) is 0.931. The summed E-state index contributed by atoms with van der Waals surface area (Å²) in [5.41, 5.74) is 0. The Morgan fingerprint density at radius 1 is 1.57 bits per heavy atom. The van der Waals surface area contributed by atoms with E-state index in [1.807, 2.05) is 0 Å². The minimum Gasteiger partial charge on any atom is -0.372 e. The van der Waals surface area contributed by atoms with Gasteiger partial charge in [-0.2, -0.15) is 0 Å². The summed E-state index contributed by atoms with van der Waals surface area (Å²) in [4.78, 5) is 0. The van der Waals surface area contributed by atoms with Gasteiger partial charge in [-0.1, -0.05) is 11.8 Å². The van der Waals surface area contributed by atoms with Crippen molar-refractivity contribution in [3.8, 4) is 11.8 Å². The third kappa shape index (κ3) is 5.48. The molecule has 0 aromatic rings. The molecule has 0 aliphatic heterocycles. The average molecular weight is 99.1 g/mol. The van der Waals surface area contributed by atoms with Crippen LogP contribution in [0.3, 0.4) is 0 Å². The topological polar surface area (TPSA) is 29.1 Å². The molecule has 0 saturated carbocycles. The van der Waals surface area contributed by atoms with Crippen LogP contribution in [0.4, 0.5) is 0 Å². The summed E-state index contributed by atoms with van der Waals surface area (Å²) in [6.45, 7) is 0.0333. The molecule has 7 heavy (non-hydrogen) atoms. The SMILES string of the molecule is COCC#CC[O]. The largest absolute Gasteiger partial charge is 0.372 e. The average Bonchev–Trinajstić information content (AvgIpc) is 1.69. The highest BCUT2D eigenvalue weighted by Gasteiger charge is 1.65. The van der Waals surface area contributed by atoms with E-state index in [9.17, 15) is 5.11 Å². The van der Waals surface area contributed by atoms with Crippen LogP contribution >= 0.6 is 0 Å². The Morgan fingerprint density at radius 3 is 2.71 bits per heavy atom. The molecule has 0 atom stereocenters. The highest BCUT2D eigenvalue weighted by Crippen LogP contribution is 1.59. The molecule has 0 fully saturated rings. The first-order valence-corrected chi connectivity index (χ1v) is 1.94. The smallest absolute Gasteiger partial charge is 0.143 e. The van der Waals surface area contributed by atoms with E-state index in [2.05, 4.69) is 16.6 Å². The van der Waals surface area contributed by atoms with Crippen molar-refractivity contribution in [2.24, 2.45) is 0 Å². The molecule has 0 bridgehead atoms. The van der Waals surface area contributed by atoms with E-state index in [0.717, 1.165) is 0 Å². The maximum absolute atomic E-state index is 9.58. The summed E-state index contributed by atoms with van der Waals surface area (Å²) < 4.78 is 4.53. The molecule has 0 aliphatic rings. The van der Waals surface area contributed by atoms with Crippen molar-refractivity contribution >= 4 is 0 Å². The third-order valence-corrected chi connectivity index (χ3v) is 0.414. The molecule has 0 aromatic heterocycles. The normalized spacial score (nSPS) is 7.14. The van der Waals surface area contributed by atoms with Crippen LogP contribution in [0, 0.1) is 11.8 Å². The Morgan fingerprint density at radius 2 is 2.29 bits per heavy atom. The minimum atomic E-state index is -0.330. The molecular formula is C5H7O2. The molecule has 0 spiro atoms. The maximum atomic E-state index is 9.58. The molecule has 39 valence electrons. The van der Waals surface area contributed by atoms with Gasteiger partial charge in [-0.15, -0.1) is 0 Å². The maximum Gasteiger partial charge on any atom is 0.143 e. The molecule has 0 aromatic carbocycles. The predicted molar refractivity (Wildman–Crippen MR) is 25.2 cm³/mol. The fourth-order valence-electron chi connectivity index (χ4n) is 0.174. The summed E-state index contributed by atoms with van der Waals surface area (Å²) >= 11 is 0. The Labute approximate surface area is 43.1 Å². The van der Waals surface area contributed by atoms with E-state index in [0.29, 0.717) is 6.61 Å². The number of rotatable bonds is 1. The van der Waals surface area contributed by atoms with Crippen LogP contribution in [0.2, 0.25) is 0 Å². The molecular weight excluding hydrogens is 92.1 g/mol. The van der Waals surface area contributed by atoms with Crippen molar-refractivity contribution in [3.63, 3.8) is 0 Å². The lowest BCUT2D eigenvalue weighted by Crippen LogP contribution is -1.81. The second kappa shape index (κ2) is 5.48. The summed E-state index contributed by atoms with van der Waals surface area (Å²) in [7, 11) is 1.54. The summed E-state index contributed by atoms with van der Waals surface area (Å²) in [6, 6.07) is 0. The van der Waals surface area contributed by atoms with E-state index in [4.69, 9.17) is 0 Å². The van der Waals surface area contributed by atoms with E-state index in [1.165, 1.54) is 0 Å². The Kier molecular flexibility index (Phi) is 5.07. The van der Waals surface area contributed by atoms with Gasteiger partial charge in [0.2, 0.25) is 0 Å². The summed E-state index contributed by atoms with van der Waals surface area (Å²) in [6.07, 6.45) is 0. The van der Waals surface area contributed by atoms with Gasteiger partial charge in [0.15, 0.2) is 0 Å². The molecule has 1 radical (unpaired) electrons. The Balaban J connectivity index is 2.91. The monoisotopic (exact) mass is 99.0 g/mol. The Hall–Kier alpha value is -0.520. The molecule has 0 aliphatic carbocycles. The minimum absolute atomic E-state index is 0.330. The van der Waals surface area contributed by atoms with Gasteiger partial charge in [0.25, 0.3) is 0 Å². The molecule has 0 amide bonds. The van der Waals surface area contributed by atoms with Crippen LogP contribution in [0.1, 0.15) is 0 Å². The van der Waals surface area contributed by atoms with E-state index >= 15 is 0 Å². The zero-order valence-corrected chi connectivity index (χ0v) is 4.23. The van der Waals surface area contributed by atoms with Crippen LogP contribution in [0.5, 0.6) is 0 Å². The highest BCUT2D eigenvalue weighted by molar-refractivity contribution is 4.98. The fourth-order valence-corrected chi connectivity index (χ4v) is 0.174. The van der Waals surface area contributed by atoms with Gasteiger partial charge >= 0.3 is 0 Å². The van der Waals surface area contributed by atoms with Crippen molar-refractivity contribution < 1.29 is 9.84 Å². The predicted octanol–water partition coefficient (Wildman–Crippen LogP) is 0.0667. The first-order valence-electron chi connectivity index (χ1n) is 1.94. The molecule has 0 unspecified atom stereocenters. The second-order valence-corrected chi connectivity index (χ2v) is 0.931. The van der Waals surface area contributed by atoms with Gasteiger partial charge < -0.3 is 4.74 Å². The fraction of sp³-hybridized carbons (Fsp3) is 0.600. The van der Waals surface area contributed by atoms with Crippen molar-refractivity contribution in [2.75, 3.05) is 20.3 Å². The van der Waals surface area contributed by atoms with Gasteiger partial charge in [0.05, 0.1) is 0 Å². The number of hydrogen-bond acceptors (Lipinski definition) is 1. The standard InChI is InChI=1S/C5H7O2/c1-7-5-3-2-4-6/h4-5H2,1H3. The van der Waals surface area contributed by atoms with E-state index in [-0.39, 0.29) is 6.61 Å². The van der Waals surface area contributed by atoms with Gasteiger partial charge in [0, 0.05) is 7.11 Å². The number of ether oxygens (including phenoxy) is 1. The van der Waals surface area contributed by atoms with Crippen LogP contribution in [-0.2, 0) is 9.84 Å². The molecule has 0 saturated heterocycles. The summed E-state index contributed by atoms with van der Waals surface area (Å²) in [5.74, 6) is 4.82. The van der Waals surface area contributed by atoms with E-state index < -0.39 is 0 Å². The van der Waals surface area contributed by atoms with Crippen LogP contribution in [0.15, 0.2) is 0 Å². The van der Waals surface area contributed by atoms with Gasteiger partial charge in [-0.25, -0.2) is 5.11 Å². The van der Waals surface area contributed by atoms with Gasteiger partial charge in [-0.05, 0) is 0 Å². The molecule has 0 heterocycles. The first kappa shape index (κ1) is 6.48. The van der Waals surface area contributed by atoms with Crippen LogP contribution in [0.25, 0.3) is 0 Å². The van der Waals surface area contributed by atoms with E-state index in [1.54, 1.807) is 7.11 Å². The lowest BCUT2D eigenvalue weighted by atomic mass is 10.6. The quantitative estimate of drug-likeness (QED) is 0.427. The third-order valence-electron chi connectivity index (χ3n) is 0.414.